The topological polar surface area (TPSA) is 75.1 Å². The van der Waals surface area contributed by atoms with Crippen molar-refractivity contribution in [3.63, 3.8) is 0 Å². The van der Waals surface area contributed by atoms with Crippen molar-refractivity contribution in [2.45, 2.75) is 12.5 Å². The molecule has 4 rings (SSSR count). The molecule has 4 aromatic rings. The zero-order valence-electron chi connectivity index (χ0n) is 17.3. The molecule has 0 aliphatic rings. The maximum Gasteiger partial charge on any atom is 0.271 e. The second kappa shape index (κ2) is 9.94. The van der Waals surface area contributed by atoms with E-state index in [1.807, 2.05) is 60.7 Å². The van der Waals surface area contributed by atoms with Crippen molar-refractivity contribution in [3.05, 3.63) is 108 Å². The molecule has 160 valence electrons. The highest BCUT2D eigenvalue weighted by Crippen LogP contribution is 2.28. The van der Waals surface area contributed by atoms with Crippen LogP contribution in [-0.2, 0) is 6.42 Å². The number of aliphatic hydroxyl groups excluding tert-OH is 1. The minimum Gasteiger partial charge on any atom is -0.394 e. The van der Waals surface area contributed by atoms with Gasteiger partial charge in [-0.15, -0.1) is 0 Å². The van der Waals surface area contributed by atoms with E-state index >= 15 is 0 Å². The smallest absolute Gasteiger partial charge is 0.271 e. The Kier molecular flexibility index (Phi) is 6.63. The van der Waals surface area contributed by atoms with Gasteiger partial charge in [0.25, 0.3) is 5.91 Å². The standard InChI is InChI=1S/C26H22FN3O2/c27-21-13-11-18(12-14-21)15-22(17-31)29-26(32)23-16-28-24(19-7-3-1-4-8-19)25(30-23)20-9-5-2-6-10-20/h1-14,16,22,31H,15,17H2,(H,29,32)/t22-/m0/s1. The molecule has 5 nitrogen and oxygen atoms in total. The molecule has 3 aromatic carbocycles. The molecule has 1 heterocycles. The van der Waals surface area contributed by atoms with E-state index in [2.05, 4.69) is 15.3 Å². The van der Waals surface area contributed by atoms with Gasteiger partial charge in [0.1, 0.15) is 11.5 Å². The van der Waals surface area contributed by atoms with E-state index in [1.165, 1.54) is 18.3 Å². The molecule has 32 heavy (non-hydrogen) atoms. The average Bonchev–Trinajstić information content (AvgIpc) is 2.85. The maximum absolute atomic E-state index is 13.1. The lowest BCUT2D eigenvalue weighted by Crippen LogP contribution is -2.39. The largest absolute Gasteiger partial charge is 0.394 e. The van der Waals surface area contributed by atoms with Crippen molar-refractivity contribution in [2.24, 2.45) is 0 Å². The summed E-state index contributed by atoms with van der Waals surface area (Å²) >= 11 is 0. The van der Waals surface area contributed by atoms with Gasteiger partial charge < -0.3 is 10.4 Å². The Labute approximate surface area is 185 Å². The quantitative estimate of drug-likeness (QED) is 0.462. The zero-order valence-corrected chi connectivity index (χ0v) is 17.3. The average molecular weight is 427 g/mol. The number of nitrogens with zero attached hydrogens (tertiary/aromatic N) is 2. The van der Waals surface area contributed by atoms with E-state index in [-0.39, 0.29) is 18.1 Å². The lowest BCUT2D eigenvalue weighted by atomic mass is 10.0. The Morgan fingerprint density at radius 1 is 0.875 bits per heavy atom. The number of hydrogen-bond acceptors (Lipinski definition) is 4. The lowest BCUT2D eigenvalue weighted by molar-refractivity contribution is 0.0911. The van der Waals surface area contributed by atoms with Crippen LogP contribution in [0.4, 0.5) is 4.39 Å². The number of carbonyl (C=O) groups is 1. The minimum atomic E-state index is -0.538. The van der Waals surface area contributed by atoms with E-state index in [4.69, 9.17) is 0 Å². The van der Waals surface area contributed by atoms with Crippen molar-refractivity contribution in [1.82, 2.24) is 15.3 Å². The molecule has 0 saturated heterocycles. The Morgan fingerprint density at radius 2 is 1.47 bits per heavy atom. The molecule has 2 N–H and O–H groups in total. The first-order chi connectivity index (χ1) is 15.6. The van der Waals surface area contributed by atoms with Gasteiger partial charge in [-0.2, -0.15) is 0 Å². The van der Waals surface area contributed by atoms with Crippen LogP contribution in [0.3, 0.4) is 0 Å². The van der Waals surface area contributed by atoms with Crippen LogP contribution in [0.25, 0.3) is 22.5 Å². The first kappa shape index (κ1) is 21.3. The van der Waals surface area contributed by atoms with Gasteiger partial charge >= 0.3 is 0 Å². The van der Waals surface area contributed by atoms with E-state index in [1.54, 1.807) is 12.1 Å². The first-order valence-corrected chi connectivity index (χ1v) is 10.3. The van der Waals surface area contributed by atoms with Crippen molar-refractivity contribution in [2.75, 3.05) is 6.61 Å². The van der Waals surface area contributed by atoms with Gasteiger partial charge in [0.05, 0.1) is 30.2 Å². The zero-order chi connectivity index (χ0) is 22.3. The molecule has 0 unspecified atom stereocenters. The van der Waals surface area contributed by atoms with Gasteiger partial charge in [0, 0.05) is 11.1 Å². The summed E-state index contributed by atoms with van der Waals surface area (Å²) in [6.45, 7) is -0.260. The third-order valence-corrected chi connectivity index (χ3v) is 5.05. The van der Waals surface area contributed by atoms with Crippen LogP contribution in [0.5, 0.6) is 0 Å². The van der Waals surface area contributed by atoms with Gasteiger partial charge in [-0.1, -0.05) is 72.8 Å². The summed E-state index contributed by atoms with van der Waals surface area (Å²) in [5.41, 5.74) is 3.98. The molecular weight excluding hydrogens is 405 g/mol. The highest BCUT2D eigenvalue weighted by atomic mass is 19.1. The predicted octanol–water partition coefficient (Wildman–Crippen LogP) is 4.28. The molecule has 0 radical (unpaired) electrons. The van der Waals surface area contributed by atoms with Crippen molar-refractivity contribution in [1.29, 1.82) is 0 Å². The molecule has 6 heteroatoms. The monoisotopic (exact) mass is 427 g/mol. The highest BCUT2D eigenvalue weighted by molar-refractivity contribution is 5.93. The fraction of sp³-hybridized carbons (Fsp3) is 0.115. The molecule has 1 amide bonds. The summed E-state index contributed by atoms with van der Waals surface area (Å²) in [7, 11) is 0. The van der Waals surface area contributed by atoms with Gasteiger partial charge in [0.2, 0.25) is 0 Å². The number of rotatable bonds is 7. The van der Waals surface area contributed by atoms with E-state index in [0.29, 0.717) is 17.8 Å². The van der Waals surface area contributed by atoms with Crippen LogP contribution in [-0.4, -0.2) is 33.6 Å². The Balaban J connectivity index is 1.61. The second-order valence-electron chi connectivity index (χ2n) is 7.37. The summed E-state index contributed by atoms with van der Waals surface area (Å²) in [5, 5.41) is 12.5. The van der Waals surface area contributed by atoms with Crippen LogP contribution < -0.4 is 5.32 Å². The molecule has 0 aliphatic carbocycles. The van der Waals surface area contributed by atoms with Crippen LogP contribution in [0.15, 0.2) is 91.1 Å². The number of aliphatic hydroxyl groups is 1. The predicted molar refractivity (Wildman–Crippen MR) is 121 cm³/mol. The van der Waals surface area contributed by atoms with Crippen molar-refractivity contribution < 1.29 is 14.3 Å². The number of nitrogens with one attached hydrogen (secondary N) is 1. The number of benzene rings is 3. The summed E-state index contributed by atoms with van der Waals surface area (Å²) in [6, 6.07) is 24.7. The number of amides is 1. The summed E-state index contributed by atoms with van der Waals surface area (Å²) in [6.07, 6.45) is 1.81. The van der Waals surface area contributed by atoms with Gasteiger partial charge in [-0.05, 0) is 24.1 Å². The van der Waals surface area contributed by atoms with Crippen LogP contribution >= 0.6 is 0 Å². The number of halogens is 1. The normalized spacial score (nSPS) is 11.7. The fourth-order valence-corrected chi connectivity index (χ4v) is 3.43. The molecular formula is C26H22FN3O2. The third kappa shape index (κ3) is 5.04. The Morgan fingerprint density at radius 3 is 2.06 bits per heavy atom. The number of hydrogen-bond donors (Lipinski definition) is 2. The van der Waals surface area contributed by atoms with E-state index in [9.17, 15) is 14.3 Å². The Bertz CT molecular complexity index is 1180. The molecule has 1 aromatic heterocycles. The highest BCUT2D eigenvalue weighted by Gasteiger charge is 2.18. The minimum absolute atomic E-state index is 0.154. The fourth-order valence-electron chi connectivity index (χ4n) is 3.43. The first-order valence-electron chi connectivity index (χ1n) is 10.3. The molecule has 1 atom stereocenters. The van der Waals surface area contributed by atoms with Gasteiger partial charge in [0.15, 0.2) is 0 Å². The van der Waals surface area contributed by atoms with Crippen molar-refractivity contribution >= 4 is 5.91 Å². The summed E-state index contributed by atoms with van der Waals surface area (Å²) in [4.78, 5) is 22.1. The molecule has 0 fully saturated rings. The molecule has 0 aliphatic heterocycles. The van der Waals surface area contributed by atoms with Crippen molar-refractivity contribution in [3.8, 4) is 22.5 Å². The second-order valence-corrected chi connectivity index (χ2v) is 7.37. The van der Waals surface area contributed by atoms with Gasteiger partial charge in [-0.25, -0.2) is 9.37 Å². The molecule has 0 saturated carbocycles. The summed E-state index contributed by atoms with van der Waals surface area (Å²) < 4.78 is 13.1. The summed E-state index contributed by atoms with van der Waals surface area (Å²) in [5.74, 6) is -0.768. The molecule has 0 bridgehead atoms. The van der Waals surface area contributed by atoms with Crippen LogP contribution in [0.2, 0.25) is 0 Å². The third-order valence-electron chi connectivity index (χ3n) is 5.05. The lowest BCUT2D eigenvalue weighted by Gasteiger charge is -2.17. The van der Waals surface area contributed by atoms with Crippen LogP contribution in [0, 0.1) is 5.82 Å². The van der Waals surface area contributed by atoms with Gasteiger partial charge in [-0.3, -0.25) is 9.78 Å². The van der Waals surface area contributed by atoms with E-state index < -0.39 is 11.9 Å². The SMILES string of the molecule is O=C(N[C@H](CO)Cc1ccc(F)cc1)c1cnc(-c2ccccc2)c(-c2ccccc2)n1. The van der Waals surface area contributed by atoms with E-state index in [0.717, 1.165) is 16.7 Å². The number of aromatic nitrogens is 2. The maximum atomic E-state index is 13.1. The number of carbonyl (C=O) groups excluding carboxylic acids is 1. The van der Waals surface area contributed by atoms with Crippen LogP contribution in [0.1, 0.15) is 16.1 Å². The molecule has 0 spiro atoms. The Hall–Kier alpha value is -3.90.